The number of aromatic nitrogens is 1. The van der Waals surface area contributed by atoms with E-state index in [4.69, 9.17) is 0 Å². The fraction of sp³-hybridized carbons (Fsp3) is 0.250. The Kier molecular flexibility index (Phi) is 3.32. The Labute approximate surface area is 130 Å². The van der Waals surface area contributed by atoms with Crippen LogP contribution in [-0.4, -0.2) is 17.3 Å². The summed E-state index contributed by atoms with van der Waals surface area (Å²) >= 11 is 3.38. The predicted octanol–water partition coefficient (Wildman–Crippen LogP) is 3.92. The van der Waals surface area contributed by atoms with Crippen molar-refractivity contribution in [2.75, 3.05) is 11.9 Å². The molecule has 0 bridgehead atoms. The number of benzene rings is 1. The van der Waals surface area contributed by atoms with Crippen molar-refractivity contribution >= 4 is 27.4 Å². The topological polar surface area (TPSA) is 42.0 Å². The Bertz CT molecular complexity index is 726. The molecule has 0 amide bonds. The summed E-state index contributed by atoms with van der Waals surface area (Å²) < 4.78 is 13.5. The standard InChI is InChI=1S/C16H14BrFN2O/c1-16(2)8-19-12-7-11(15(17)20-14(12)16)13(21)9-3-5-10(18)6-4-9/h3-7,19H,8H2,1-2H3. The van der Waals surface area contributed by atoms with Gasteiger partial charge in [0.25, 0.3) is 0 Å². The highest BCUT2D eigenvalue weighted by Gasteiger charge is 2.33. The lowest BCUT2D eigenvalue weighted by molar-refractivity contribution is 0.103. The van der Waals surface area contributed by atoms with Crippen molar-refractivity contribution < 1.29 is 9.18 Å². The Hall–Kier alpha value is -1.75. The molecular weight excluding hydrogens is 335 g/mol. The maximum atomic E-state index is 13.0. The van der Waals surface area contributed by atoms with Crippen LogP contribution >= 0.6 is 15.9 Å². The molecular formula is C16H14BrFN2O. The smallest absolute Gasteiger partial charge is 0.195 e. The fourth-order valence-electron chi connectivity index (χ4n) is 2.46. The summed E-state index contributed by atoms with van der Waals surface area (Å²) in [4.78, 5) is 17.0. The fourth-order valence-corrected chi connectivity index (χ4v) is 2.93. The van der Waals surface area contributed by atoms with E-state index in [2.05, 4.69) is 40.1 Å². The number of ketones is 1. The highest BCUT2D eigenvalue weighted by Crippen LogP contribution is 2.37. The maximum Gasteiger partial charge on any atom is 0.195 e. The zero-order chi connectivity index (χ0) is 15.2. The van der Waals surface area contributed by atoms with E-state index in [1.165, 1.54) is 24.3 Å². The van der Waals surface area contributed by atoms with Crippen molar-refractivity contribution in [3.8, 4) is 0 Å². The molecule has 0 unspecified atom stereocenters. The van der Waals surface area contributed by atoms with Gasteiger partial charge in [-0.2, -0.15) is 0 Å². The number of hydrogen-bond acceptors (Lipinski definition) is 3. The van der Waals surface area contributed by atoms with Crippen molar-refractivity contribution in [3.05, 3.63) is 57.6 Å². The van der Waals surface area contributed by atoms with Crippen LogP contribution in [-0.2, 0) is 5.41 Å². The molecule has 0 atom stereocenters. The maximum absolute atomic E-state index is 13.0. The Balaban J connectivity index is 2.04. The zero-order valence-corrected chi connectivity index (χ0v) is 13.3. The van der Waals surface area contributed by atoms with E-state index in [0.29, 0.717) is 15.7 Å². The lowest BCUT2D eigenvalue weighted by Crippen LogP contribution is -2.20. The number of carbonyl (C=O) groups is 1. The molecule has 1 aliphatic rings. The summed E-state index contributed by atoms with van der Waals surface area (Å²) in [7, 11) is 0. The second kappa shape index (κ2) is 4.91. The van der Waals surface area contributed by atoms with Crippen LogP contribution in [0.3, 0.4) is 0 Å². The minimum atomic E-state index is -0.360. The molecule has 0 spiro atoms. The first kappa shape index (κ1) is 14.2. The third-order valence-corrected chi connectivity index (χ3v) is 4.29. The quantitative estimate of drug-likeness (QED) is 0.660. The van der Waals surface area contributed by atoms with Crippen molar-refractivity contribution in [1.29, 1.82) is 0 Å². The van der Waals surface area contributed by atoms with Gasteiger partial charge in [-0.25, -0.2) is 9.37 Å². The van der Waals surface area contributed by atoms with Gasteiger partial charge in [-0.05, 0) is 46.3 Å². The summed E-state index contributed by atoms with van der Waals surface area (Å²) in [6.45, 7) is 5.00. The van der Waals surface area contributed by atoms with Gasteiger partial charge in [0.1, 0.15) is 10.4 Å². The first-order chi connectivity index (χ1) is 9.88. The van der Waals surface area contributed by atoms with E-state index in [1.807, 2.05) is 6.07 Å². The molecule has 0 radical (unpaired) electrons. The average molecular weight is 349 g/mol. The van der Waals surface area contributed by atoms with Crippen molar-refractivity contribution in [3.63, 3.8) is 0 Å². The molecule has 108 valence electrons. The van der Waals surface area contributed by atoms with Crippen LogP contribution in [0.4, 0.5) is 10.1 Å². The highest BCUT2D eigenvalue weighted by atomic mass is 79.9. The number of nitrogens with zero attached hydrogens (tertiary/aromatic N) is 1. The molecule has 1 aliphatic heterocycles. The summed E-state index contributed by atoms with van der Waals surface area (Å²) in [6, 6.07) is 7.34. The largest absolute Gasteiger partial charge is 0.383 e. The molecule has 3 rings (SSSR count). The molecule has 0 saturated heterocycles. The van der Waals surface area contributed by atoms with E-state index >= 15 is 0 Å². The van der Waals surface area contributed by atoms with Gasteiger partial charge in [-0.15, -0.1) is 0 Å². The van der Waals surface area contributed by atoms with Gasteiger partial charge in [0, 0.05) is 17.5 Å². The SMILES string of the molecule is CC1(C)CNc2cc(C(=O)c3ccc(F)cc3)c(Br)nc21. The molecule has 21 heavy (non-hydrogen) atoms. The first-order valence-corrected chi connectivity index (χ1v) is 7.43. The number of rotatable bonds is 2. The number of nitrogens with one attached hydrogen (secondary N) is 1. The third kappa shape index (κ3) is 2.46. The van der Waals surface area contributed by atoms with Crippen LogP contribution in [0, 0.1) is 5.82 Å². The normalized spacial score (nSPS) is 15.4. The van der Waals surface area contributed by atoms with Crippen LogP contribution in [0.15, 0.2) is 34.9 Å². The molecule has 1 N–H and O–H groups in total. The average Bonchev–Trinajstić information content (AvgIpc) is 2.73. The van der Waals surface area contributed by atoms with Gasteiger partial charge in [-0.3, -0.25) is 4.79 Å². The molecule has 2 heterocycles. The minimum absolute atomic E-state index is 0.0602. The van der Waals surface area contributed by atoms with E-state index < -0.39 is 0 Å². The first-order valence-electron chi connectivity index (χ1n) is 6.64. The van der Waals surface area contributed by atoms with Gasteiger partial charge < -0.3 is 5.32 Å². The second-order valence-corrected chi connectivity index (χ2v) is 6.55. The van der Waals surface area contributed by atoms with Gasteiger partial charge in [-0.1, -0.05) is 13.8 Å². The van der Waals surface area contributed by atoms with E-state index in [-0.39, 0.29) is 17.0 Å². The Morgan fingerprint density at radius 3 is 2.67 bits per heavy atom. The summed E-state index contributed by atoms with van der Waals surface area (Å²) in [5.74, 6) is -0.537. The van der Waals surface area contributed by atoms with Crippen LogP contribution in [0.2, 0.25) is 0 Å². The van der Waals surface area contributed by atoms with Gasteiger partial charge in [0.15, 0.2) is 5.78 Å². The van der Waals surface area contributed by atoms with Crippen LogP contribution in [0.5, 0.6) is 0 Å². The molecule has 0 saturated carbocycles. The number of halogens is 2. The molecule has 0 aliphatic carbocycles. The van der Waals surface area contributed by atoms with Crippen molar-refractivity contribution in [2.24, 2.45) is 0 Å². The Morgan fingerprint density at radius 1 is 1.33 bits per heavy atom. The molecule has 0 fully saturated rings. The van der Waals surface area contributed by atoms with Gasteiger partial charge in [0.05, 0.1) is 16.9 Å². The lowest BCUT2D eigenvalue weighted by Gasteiger charge is -2.16. The summed E-state index contributed by atoms with van der Waals surface area (Å²) in [5.41, 5.74) is 2.69. The minimum Gasteiger partial charge on any atom is -0.383 e. The van der Waals surface area contributed by atoms with Gasteiger partial charge >= 0.3 is 0 Å². The van der Waals surface area contributed by atoms with E-state index in [1.54, 1.807) is 0 Å². The number of anilines is 1. The second-order valence-electron chi connectivity index (χ2n) is 5.80. The van der Waals surface area contributed by atoms with Crippen molar-refractivity contribution in [1.82, 2.24) is 4.98 Å². The third-order valence-electron chi connectivity index (χ3n) is 3.69. The highest BCUT2D eigenvalue weighted by molar-refractivity contribution is 9.10. The van der Waals surface area contributed by atoms with Crippen molar-refractivity contribution in [2.45, 2.75) is 19.3 Å². The summed E-state index contributed by atoms with van der Waals surface area (Å²) in [5, 5.41) is 3.28. The van der Waals surface area contributed by atoms with Crippen LogP contribution in [0.25, 0.3) is 0 Å². The monoisotopic (exact) mass is 348 g/mol. The zero-order valence-electron chi connectivity index (χ0n) is 11.7. The molecule has 1 aromatic carbocycles. The number of carbonyl (C=O) groups excluding carboxylic acids is 1. The van der Waals surface area contributed by atoms with Gasteiger partial charge in [0.2, 0.25) is 0 Å². The Morgan fingerprint density at radius 2 is 2.00 bits per heavy atom. The molecule has 3 nitrogen and oxygen atoms in total. The number of fused-ring (bicyclic) bond motifs is 1. The number of pyridine rings is 1. The van der Waals surface area contributed by atoms with E-state index in [0.717, 1.165) is 17.9 Å². The lowest BCUT2D eigenvalue weighted by atomic mass is 9.91. The van der Waals surface area contributed by atoms with Crippen LogP contribution in [0.1, 0.15) is 35.5 Å². The molecule has 5 heteroatoms. The summed E-state index contributed by atoms with van der Waals surface area (Å²) in [6.07, 6.45) is 0. The molecule has 2 aromatic rings. The predicted molar refractivity (Wildman–Crippen MR) is 83.3 cm³/mol. The van der Waals surface area contributed by atoms with E-state index in [9.17, 15) is 9.18 Å². The number of hydrogen-bond donors (Lipinski definition) is 1. The van der Waals surface area contributed by atoms with Crippen LogP contribution < -0.4 is 5.32 Å². The molecule has 1 aromatic heterocycles.